The van der Waals surface area contributed by atoms with Crippen LogP contribution in [-0.2, 0) is 24.0 Å². The summed E-state index contributed by atoms with van der Waals surface area (Å²) in [6.45, 7) is 7.93. The number of hydrogen-bond donors (Lipinski definition) is 3. The van der Waals surface area contributed by atoms with Crippen molar-refractivity contribution in [3.05, 3.63) is 24.3 Å². The van der Waals surface area contributed by atoms with Crippen LogP contribution in [-0.4, -0.2) is 80.8 Å². The first kappa shape index (κ1) is 36.6. The summed E-state index contributed by atoms with van der Waals surface area (Å²) in [7, 11) is 0. The molecule has 1 saturated heterocycles. The molecular weight excluding hydrogens is 624 g/mol. The number of rotatable bonds is 14. The third-order valence-electron chi connectivity index (χ3n) is 11.0. The molecule has 49 heavy (non-hydrogen) atoms. The van der Waals surface area contributed by atoms with Crippen LogP contribution in [0.25, 0.3) is 0 Å². The molecule has 2 heterocycles. The molecule has 0 aromatic carbocycles. The minimum atomic E-state index is -0.977. The summed E-state index contributed by atoms with van der Waals surface area (Å²) in [5.74, 6) is -3.29. The van der Waals surface area contributed by atoms with Crippen molar-refractivity contribution in [3.8, 4) is 0 Å². The summed E-state index contributed by atoms with van der Waals surface area (Å²) >= 11 is 0. The number of ketones is 2. The largest absolute Gasteiger partial charge is 0.347 e. The molecule has 3 aliphatic carbocycles. The highest BCUT2D eigenvalue weighted by atomic mass is 16.2. The van der Waals surface area contributed by atoms with E-state index in [1.807, 2.05) is 27.7 Å². The van der Waals surface area contributed by atoms with Gasteiger partial charge in [-0.1, -0.05) is 59.8 Å². The van der Waals surface area contributed by atoms with Crippen molar-refractivity contribution in [1.82, 2.24) is 30.8 Å². The van der Waals surface area contributed by atoms with Crippen molar-refractivity contribution >= 4 is 35.2 Å². The zero-order valence-electron chi connectivity index (χ0n) is 29.5. The molecular formula is C37H54N6O6. The average Bonchev–Trinajstić information content (AvgIpc) is 3.65. The Kier molecular flexibility index (Phi) is 11.9. The van der Waals surface area contributed by atoms with E-state index in [0.29, 0.717) is 19.4 Å². The van der Waals surface area contributed by atoms with Crippen molar-refractivity contribution in [2.45, 2.75) is 135 Å². The summed E-state index contributed by atoms with van der Waals surface area (Å²) < 4.78 is 0. The highest BCUT2D eigenvalue weighted by molar-refractivity contribution is 6.38. The van der Waals surface area contributed by atoms with E-state index < -0.39 is 47.1 Å². The van der Waals surface area contributed by atoms with Crippen LogP contribution in [0.1, 0.15) is 122 Å². The van der Waals surface area contributed by atoms with Crippen LogP contribution in [0.5, 0.6) is 0 Å². The molecule has 4 fully saturated rings. The fourth-order valence-electron chi connectivity index (χ4n) is 8.15. The Morgan fingerprint density at radius 3 is 2.29 bits per heavy atom. The third kappa shape index (κ3) is 8.91. The molecule has 1 aromatic rings. The predicted octanol–water partition coefficient (Wildman–Crippen LogP) is 3.54. The predicted molar refractivity (Wildman–Crippen MR) is 182 cm³/mol. The number of nitrogens with one attached hydrogen (secondary N) is 3. The second-order valence-corrected chi connectivity index (χ2v) is 15.8. The molecule has 12 nitrogen and oxygen atoms in total. The topological polar surface area (TPSA) is 168 Å². The Balaban J connectivity index is 1.36. The van der Waals surface area contributed by atoms with Crippen LogP contribution in [0.15, 0.2) is 18.6 Å². The number of carbonyl (C=O) groups excluding carboxylic acids is 6. The maximum atomic E-state index is 14.6. The van der Waals surface area contributed by atoms with Crippen molar-refractivity contribution in [3.63, 3.8) is 0 Å². The van der Waals surface area contributed by atoms with Crippen LogP contribution in [0, 0.1) is 29.1 Å². The monoisotopic (exact) mass is 678 g/mol. The van der Waals surface area contributed by atoms with Gasteiger partial charge in [-0.05, 0) is 68.1 Å². The molecule has 1 aromatic heterocycles. The number of aromatic nitrogens is 2. The van der Waals surface area contributed by atoms with Gasteiger partial charge in [0.25, 0.3) is 5.91 Å². The van der Waals surface area contributed by atoms with Gasteiger partial charge < -0.3 is 20.9 Å². The van der Waals surface area contributed by atoms with E-state index in [1.54, 1.807) is 4.90 Å². The van der Waals surface area contributed by atoms with Crippen molar-refractivity contribution in [2.75, 3.05) is 6.54 Å². The van der Waals surface area contributed by atoms with E-state index >= 15 is 0 Å². The van der Waals surface area contributed by atoms with E-state index in [1.165, 1.54) is 18.6 Å². The van der Waals surface area contributed by atoms with Crippen molar-refractivity contribution in [1.29, 1.82) is 0 Å². The molecule has 3 saturated carbocycles. The van der Waals surface area contributed by atoms with Crippen LogP contribution < -0.4 is 16.0 Å². The molecule has 0 radical (unpaired) electrons. The summed E-state index contributed by atoms with van der Waals surface area (Å²) in [4.78, 5) is 91.7. The first-order valence-corrected chi connectivity index (χ1v) is 18.4. The first-order valence-electron chi connectivity index (χ1n) is 18.4. The molecule has 12 heteroatoms. The minimum Gasteiger partial charge on any atom is -0.347 e. The Bertz CT molecular complexity index is 1390. The van der Waals surface area contributed by atoms with Gasteiger partial charge in [0.1, 0.15) is 17.8 Å². The molecule has 0 bridgehead atoms. The van der Waals surface area contributed by atoms with E-state index in [-0.39, 0.29) is 53.5 Å². The van der Waals surface area contributed by atoms with E-state index in [2.05, 4.69) is 25.9 Å². The Morgan fingerprint density at radius 2 is 1.65 bits per heavy atom. The molecule has 6 atom stereocenters. The molecule has 268 valence electrons. The maximum Gasteiger partial charge on any atom is 0.289 e. The SMILES string of the molecule is CCC[C@H](NC(=O)[C@@H]1[C@H]2CCC[C@H]2CN1C(=O)[C@@H](NC(=O)[C@@H](CC(=O)c1cnccn1)C1CCCCC1)C(C)(C)C)C(=O)C(=O)NC1CC1. The zero-order valence-corrected chi connectivity index (χ0v) is 29.5. The standard InChI is InChI=1S/C37H54N6O6/c1-5-10-27(31(45)35(48)40-24-15-16-24)41-34(47)30-25-14-9-13-23(25)21-43(30)36(49)32(37(2,3)4)42-33(46)26(22-11-7-6-8-12-22)19-29(44)28-20-38-17-18-39-28/h17-18,20,22-27,30,32H,5-16,19,21H2,1-4H3,(H,40,48)(H,41,47)(H,42,46)/t23-,25-,26-,27-,30-,32+/m0/s1. The number of hydrogen-bond acceptors (Lipinski definition) is 8. The molecule has 4 aliphatic rings. The molecule has 0 unspecified atom stereocenters. The van der Waals surface area contributed by atoms with Crippen LogP contribution in [0.3, 0.4) is 0 Å². The van der Waals surface area contributed by atoms with Gasteiger partial charge in [-0.2, -0.15) is 0 Å². The normalized spacial score (nSPS) is 24.3. The fourth-order valence-corrected chi connectivity index (χ4v) is 8.15. The van der Waals surface area contributed by atoms with Gasteiger partial charge in [0.05, 0.1) is 12.2 Å². The molecule has 1 aliphatic heterocycles. The van der Waals surface area contributed by atoms with E-state index in [9.17, 15) is 28.8 Å². The summed E-state index contributed by atoms with van der Waals surface area (Å²) in [5.41, 5.74) is -0.499. The summed E-state index contributed by atoms with van der Waals surface area (Å²) in [5, 5.41) is 8.67. The second kappa shape index (κ2) is 15.9. The maximum absolute atomic E-state index is 14.6. The van der Waals surface area contributed by atoms with Crippen molar-refractivity contribution in [2.24, 2.45) is 29.1 Å². The molecule has 4 amide bonds. The summed E-state index contributed by atoms with van der Waals surface area (Å²) in [6.07, 6.45) is 14.2. The molecule has 3 N–H and O–H groups in total. The molecule has 0 spiro atoms. The number of Topliss-reactive ketones (excluding diaryl/α,β-unsaturated/α-hetero) is 2. The highest BCUT2D eigenvalue weighted by Crippen LogP contribution is 2.43. The minimum absolute atomic E-state index is 0.0000812. The van der Waals surface area contributed by atoms with Gasteiger partial charge in [0.15, 0.2) is 5.78 Å². The zero-order chi connectivity index (χ0) is 35.3. The smallest absolute Gasteiger partial charge is 0.289 e. The van der Waals surface area contributed by atoms with Gasteiger partial charge in [0, 0.05) is 37.3 Å². The fraction of sp³-hybridized carbons (Fsp3) is 0.730. The Morgan fingerprint density at radius 1 is 0.918 bits per heavy atom. The first-order chi connectivity index (χ1) is 23.4. The summed E-state index contributed by atoms with van der Waals surface area (Å²) in [6, 6.07) is -2.73. The quantitative estimate of drug-likeness (QED) is 0.198. The number of carbonyl (C=O) groups is 6. The second-order valence-electron chi connectivity index (χ2n) is 15.8. The van der Waals surface area contributed by atoms with Crippen molar-refractivity contribution < 1.29 is 28.8 Å². The Labute approximate surface area is 289 Å². The lowest BCUT2D eigenvalue weighted by Gasteiger charge is -2.38. The lowest BCUT2D eigenvalue weighted by molar-refractivity contribution is -0.146. The van der Waals surface area contributed by atoms with Crippen LogP contribution >= 0.6 is 0 Å². The van der Waals surface area contributed by atoms with Gasteiger partial charge >= 0.3 is 0 Å². The van der Waals surface area contributed by atoms with E-state index in [4.69, 9.17) is 0 Å². The average molecular weight is 679 g/mol. The van der Waals surface area contributed by atoms with Gasteiger partial charge in [-0.25, -0.2) is 4.98 Å². The highest BCUT2D eigenvalue weighted by Gasteiger charge is 2.52. The van der Waals surface area contributed by atoms with E-state index in [0.717, 1.165) is 64.2 Å². The number of fused-ring (bicyclic) bond motifs is 1. The third-order valence-corrected chi connectivity index (χ3v) is 11.0. The number of amides is 4. The van der Waals surface area contributed by atoms with Gasteiger partial charge in [0.2, 0.25) is 23.5 Å². The molecule has 5 rings (SSSR count). The lowest BCUT2D eigenvalue weighted by atomic mass is 9.76. The van der Waals surface area contributed by atoms with Gasteiger partial charge in [-0.15, -0.1) is 0 Å². The number of nitrogens with zero attached hydrogens (tertiary/aromatic N) is 3. The van der Waals surface area contributed by atoms with Crippen LogP contribution in [0.4, 0.5) is 0 Å². The number of likely N-dealkylation sites (tertiary alicyclic amines) is 1. The Hall–Kier alpha value is -3.70. The van der Waals surface area contributed by atoms with Crippen LogP contribution in [0.2, 0.25) is 0 Å². The van der Waals surface area contributed by atoms with Gasteiger partial charge in [-0.3, -0.25) is 33.8 Å². The lowest BCUT2D eigenvalue weighted by Crippen LogP contribution is -2.60.